The number of rotatable bonds is 4. The summed E-state index contributed by atoms with van der Waals surface area (Å²) in [4.78, 5) is 0. The topological polar surface area (TPSA) is 29.5 Å². The summed E-state index contributed by atoms with van der Waals surface area (Å²) in [5.74, 6) is 0.916. The Morgan fingerprint density at radius 3 is 2.75 bits per heavy atom. The lowest BCUT2D eigenvalue weighted by atomic mass is 9.96. The van der Waals surface area contributed by atoms with Crippen molar-refractivity contribution in [3.05, 3.63) is 65.2 Å². The molecule has 0 radical (unpaired) electrons. The molecule has 1 unspecified atom stereocenters. The summed E-state index contributed by atoms with van der Waals surface area (Å²) in [6.07, 6.45) is 3.27. The molecule has 104 valence electrons. The lowest BCUT2D eigenvalue weighted by Gasteiger charge is -2.22. The highest BCUT2D eigenvalue weighted by atomic mass is 16.5. The van der Waals surface area contributed by atoms with E-state index in [1.165, 1.54) is 11.1 Å². The van der Waals surface area contributed by atoms with Gasteiger partial charge in [0.1, 0.15) is 5.75 Å². The van der Waals surface area contributed by atoms with E-state index in [4.69, 9.17) is 4.74 Å². The van der Waals surface area contributed by atoms with E-state index in [0.717, 1.165) is 43.6 Å². The first-order chi connectivity index (χ1) is 9.84. The zero-order chi connectivity index (χ0) is 13.8. The maximum absolute atomic E-state index is 10.5. The SMILES string of the molecule is OC(CCc1ccccc1)c1cccc2c1OCCC2. The van der Waals surface area contributed by atoms with Gasteiger partial charge in [-0.05, 0) is 36.8 Å². The monoisotopic (exact) mass is 268 g/mol. The fourth-order valence-electron chi connectivity index (χ4n) is 2.78. The summed E-state index contributed by atoms with van der Waals surface area (Å²) in [6, 6.07) is 16.4. The summed E-state index contributed by atoms with van der Waals surface area (Å²) < 4.78 is 5.77. The van der Waals surface area contributed by atoms with Gasteiger partial charge in [0, 0.05) is 5.56 Å². The van der Waals surface area contributed by atoms with Crippen molar-refractivity contribution in [2.75, 3.05) is 6.61 Å². The largest absolute Gasteiger partial charge is 0.493 e. The highest BCUT2D eigenvalue weighted by Crippen LogP contribution is 2.34. The average Bonchev–Trinajstić information content (AvgIpc) is 2.53. The number of hydrogen-bond donors (Lipinski definition) is 1. The number of ether oxygens (including phenoxy) is 1. The molecule has 0 aromatic heterocycles. The zero-order valence-electron chi connectivity index (χ0n) is 11.6. The minimum Gasteiger partial charge on any atom is -0.493 e. The van der Waals surface area contributed by atoms with Crippen molar-refractivity contribution in [2.45, 2.75) is 31.8 Å². The molecule has 0 fully saturated rings. The molecule has 2 nitrogen and oxygen atoms in total. The third-order valence-electron chi connectivity index (χ3n) is 3.87. The van der Waals surface area contributed by atoms with Crippen LogP contribution in [0.25, 0.3) is 0 Å². The van der Waals surface area contributed by atoms with E-state index >= 15 is 0 Å². The van der Waals surface area contributed by atoms with Crippen molar-refractivity contribution >= 4 is 0 Å². The Kier molecular flexibility index (Phi) is 4.03. The Morgan fingerprint density at radius 1 is 1.05 bits per heavy atom. The van der Waals surface area contributed by atoms with Crippen LogP contribution in [0, 0.1) is 0 Å². The molecule has 1 aliphatic heterocycles. The van der Waals surface area contributed by atoms with Gasteiger partial charge in [-0.1, -0.05) is 48.5 Å². The van der Waals surface area contributed by atoms with Gasteiger partial charge in [0.25, 0.3) is 0 Å². The second-order valence-electron chi connectivity index (χ2n) is 5.33. The van der Waals surface area contributed by atoms with Crippen molar-refractivity contribution in [1.29, 1.82) is 0 Å². The molecule has 0 aliphatic carbocycles. The summed E-state index contributed by atoms with van der Waals surface area (Å²) in [7, 11) is 0. The second-order valence-corrected chi connectivity index (χ2v) is 5.33. The zero-order valence-corrected chi connectivity index (χ0v) is 11.6. The Labute approximate surface area is 120 Å². The Hall–Kier alpha value is -1.80. The predicted octanol–water partition coefficient (Wildman–Crippen LogP) is 3.68. The first-order valence-electron chi connectivity index (χ1n) is 7.31. The number of para-hydroxylation sites is 1. The highest BCUT2D eigenvalue weighted by molar-refractivity contribution is 5.44. The molecule has 1 N–H and O–H groups in total. The lowest BCUT2D eigenvalue weighted by Crippen LogP contribution is -2.12. The molecule has 3 rings (SSSR count). The molecular formula is C18H20O2. The van der Waals surface area contributed by atoms with Crippen LogP contribution >= 0.6 is 0 Å². The number of aryl methyl sites for hydroxylation is 2. The quantitative estimate of drug-likeness (QED) is 0.916. The number of benzene rings is 2. The van der Waals surface area contributed by atoms with Crippen LogP contribution in [0.4, 0.5) is 0 Å². The Balaban J connectivity index is 1.72. The summed E-state index contributed by atoms with van der Waals surface area (Å²) in [5, 5.41) is 10.5. The minimum atomic E-state index is -0.455. The Bertz CT molecular complexity index is 563. The molecule has 0 spiro atoms. The number of fused-ring (bicyclic) bond motifs is 1. The van der Waals surface area contributed by atoms with Gasteiger partial charge < -0.3 is 9.84 Å². The normalized spacial score (nSPS) is 15.2. The summed E-state index contributed by atoms with van der Waals surface area (Å²) in [6.45, 7) is 0.759. The van der Waals surface area contributed by atoms with Crippen molar-refractivity contribution in [3.63, 3.8) is 0 Å². The van der Waals surface area contributed by atoms with Crippen LogP contribution in [0.15, 0.2) is 48.5 Å². The smallest absolute Gasteiger partial charge is 0.128 e. The Morgan fingerprint density at radius 2 is 1.90 bits per heavy atom. The first kappa shape index (κ1) is 13.2. The van der Waals surface area contributed by atoms with Crippen LogP contribution in [-0.2, 0) is 12.8 Å². The van der Waals surface area contributed by atoms with Gasteiger partial charge >= 0.3 is 0 Å². The van der Waals surface area contributed by atoms with E-state index in [0.29, 0.717) is 0 Å². The van der Waals surface area contributed by atoms with E-state index in [-0.39, 0.29) is 0 Å². The van der Waals surface area contributed by atoms with Gasteiger partial charge in [-0.3, -0.25) is 0 Å². The van der Waals surface area contributed by atoms with Crippen molar-refractivity contribution in [2.24, 2.45) is 0 Å². The molecule has 2 aromatic carbocycles. The molecule has 2 heteroatoms. The molecule has 0 amide bonds. The third kappa shape index (κ3) is 2.86. The summed E-state index contributed by atoms with van der Waals surface area (Å²) in [5.41, 5.74) is 3.43. The van der Waals surface area contributed by atoms with Gasteiger partial charge in [0.15, 0.2) is 0 Å². The van der Waals surface area contributed by atoms with Gasteiger partial charge in [0.05, 0.1) is 12.7 Å². The minimum absolute atomic E-state index is 0.455. The molecule has 20 heavy (non-hydrogen) atoms. The van der Waals surface area contributed by atoms with E-state index < -0.39 is 6.10 Å². The molecule has 1 atom stereocenters. The standard InChI is InChI=1S/C18H20O2/c19-17(12-11-14-6-2-1-3-7-14)16-10-4-8-15-9-5-13-20-18(15)16/h1-4,6-8,10,17,19H,5,9,11-13H2. The van der Waals surface area contributed by atoms with E-state index in [1.807, 2.05) is 30.3 Å². The van der Waals surface area contributed by atoms with Gasteiger partial charge in [0.2, 0.25) is 0 Å². The fraction of sp³-hybridized carbons (Fsp3) is 0.333. The van der Waals surface area contributed by atoms with Crippen molar-refractivity contribution in [3.8, 4) is 5.75 Å². The molecule has 0 saturated heterocycles. The second kappa shape index (κ2) is 6.10. The molecule has 1 heterocycles. The summed E-state index contributed by atoms with van der Waals surface area (Å²) >= 11 is 0. The van der Waals surface area contributed by atoms with Gasteiger partial charge in [-0.2, -0.15) is 0 Å². The first-order valence-corrected chi connectivity index (χ1v) is 7.31. The van der Waals surface area contributed by atoms with Crippen LogP contribution in [-0.4, -0.2) is 11.7 Å². The number of aliphatic hydroxyl groups excluding tert-OH is 1. The molecule has 0 saturated carbocycles. The molecule has 1 aliphatic rings. The van der Waals surface area contributed by atoms with Crippen molar-refractivity contribution in [1.82, 2.24) is 0 Å². The van der Waals surface area contributed by atoms with E-state index in [2.05, 4.69) is 18.2 Å². The van der Waals surface area contributed by atoms with Crippen LogP contribution < -0.4 is 4.74 Å². The van der Waals surface area contributed by atoms with Gasteiger partial charge in [-0.15, -0.1) is 0 Å². The number of hydrogen-bond acceptors (Lipinski definition) is 2. The van der Waals surface area contributed by atoms with Crippen LogP contribution in [0.3, 0.4) is 0 Å². The molecule has 2 aromatic rings. The average molecular weight is 268 g/mol. The van der Waals surface area contributed by atoms with Crippen molar-refractivity contribution < 1.29 is 9.84 Å². The fourth-order valence-corrected chi connectivity index (χ4v) is 2.78. The van der Waals surface area contributed by atoms with Gasteiger partial charge in [-0.25, -0.2) is 0 Å². The molecular weight excluding hydrogens is 248 g/mol. The third-order valence-corrected chi connectivity index (χ3v) is 3.87. The maximum atomic E-state index is 10.5. The van der Waals surface area contributed by atoms with E-state index in [9.17, 15) is 5.11 Å². The van der Waals surface area contributed by atoms with Crippen LogP contribution in [0.5, 0.6) is 5.75 Å². The maximum Gasteiger partial charge on any atom is 0.128 e. The van der Waals surface area contributed by atoms with E-state index in [1.54, 1.807) is 0 Å². The number of aliphatic hydroxyl groups is 1. The lowest BCUT2D eigenvalue weighted by molar-refractivity contribution is 0.159. The highest BCUT2D eigenvalue weighted by Gasteiger charge is 2.19. The van der Waals surface area contributed by atoms with Crippen LogP contribution in [0.1, 0.15) is 35.6 Å². The predicted molar refractivity (Wildman–Crippen MR) is 80.0 cm³/mol. The van der Waals surface area contributed by atoms with Crippen LogP contribution in [0.2, 0.25) is 0 Å². The molecule has 0 bridgehead atoms.